The van der Waals surface area contributed by atoms with E-state index in [9.17, 15) is 4.79 Å². The average molecular weight is 281 g/mol. The van der Waals surface area contributed by atoms with Crippen molar-refractivity contribution in [1.29, 1.82) is 0 Å². The van der Waals surface area contributed by atoms with Crippen LogP contribution in [0.15, 0.2) is 53.1 Å². The minimum Gasteiger partial charge on any atom is -0.460 e. The number of rotatable bonds is 3. The Kier molecular flexibility index (Phi) is 3.31. The summed E-state index contributed by atoms with van der Waals surface area (Å²) in [6, 6.07) is 13.3. The summed E-state index contributed by atoms with van der Waals surface area (Å²) in [6.45, 7) is 1.86. The molecular weight excluding hydrogens is 266 g/mol. The molecule has 5 nitrogen and oxygen atoms in total. The van der Waals surface area contributed by atoms with Crippen LogP contribution in [-0.4, -0.2) is 22.7 Å². The first-order valence-corrected chi connectivity index (χ1v) is 6.63. The molecule has 106 valence electrons. The van der Waals surface area contributed by atoms with Gasteiger partial charge in [0.15, 0.2) is 5.76 Å². The standard InChI is InChI=1S/C16H15N3O2/c1-11-8-9-14(21-11)15-13(16(20)17-2)10-19(18-15)12-6-4-3-5-7-12/h3-10H,1-2H3,(H,17,20). The number of carbonyl (C=O) groups excluding carboxylic acids is 1. The molecule has 0 spiro atoms. The summed E-state index contributed by atoms with van der Waals surface area (Å²) in [4.78, 5) is 12.1. The van der Waals surface area contributed by atoms with Gasteiger partial charge in [0.1, 0.15) is 11.5 Å². The Morgan fingerprint density at radius 2 is 1.95 bits per heavy atom. The number of benzene rings is 1. The van der Waals surface area contributed by atoms with Crippen molar-refractivity contribution < 1.29 is 9.21 Å². The van der Waals surface area contributed by atoms with Crippen LogP contribution in [0.2, 0.25) is 0 Å². The largest absolute Gasteiger partial charge is 0.460 e. The number of nitrogens with zero attached hydrogens (tertiary/aromatic N) is 2. The number of amides is 1. The average Bonchev–Trinajstić information content (AvgIpc) is 3.13. The molecule has 1 N–H and O–H groups in total. The zero-order valence-corrected chi connectivity index (χ0v) is 11.8. The first-order chi connectivity index (χ1) is 10.2. The van der Waals surface area contributed by atoms with E-state index in [0.717, 1.165) is 11.4 Å². The summed E-state index contributed by atoms with van der Waals surface area (Å²) in [5.41, 5.74) is 1.90. The second-order valence-corrected chi connectivity index (χ2v) is 4.66. The first kappa shape index (κ1) is 13.2. The van der Waals surface area contributed by atoms with Crippen molar-refractivity contribution in [3.05, 3.63) is 60.0 Å². The van der Waals surface area contributed by atoms with Crippen molar-refractivity contribution in [3.63, 3.8) is 0 Å². The van der Waals surface area contributed by atoms with Crippen molar-refractivity contribution in [2.24, 2.45) is 0 Å². The molecule has 5 heteroatoms. The molecule has 3 aromatic rings. The SMILES string of the molecule is CNC(=O)c1cn(-c2ccccc2)nc1-c1ccc(C)o1. The molecule has 0 atom stereocenters. The number of hydrogen-bond donors (Lipinski definition) is 1. The van der Waals surface area contributed by atoms with E-state index in [4.69, 9.17) is 4.42 Å². The van der Waals surface area contributed by atoms with Gasteiger partial charge < -0.3 is 9.73 Å². The van der Waals surface area contributed by atoms with Gasteiger partial charge in [-0.1, -0.05) is 18.2 Å². The number of nitrogens with one attached hydrogen (secondary N) is 1. The lowest BCUT2D eigenvalue weighted by Gasteiger charge is -1.98. The molecule has 21 heavy (non-hydrogen) atoms. The Bertz CT molecular complexity index is 772. The predicted molar refractivity (Wildman–Crippen MR) is 79.4 cm³/mol. The van der Waals surface area contributed by atoms with Crippen LogP contribution in [0.1, 0.15) is 16.1 Å². The van der Waals surface area contributed by atoms with E-state index < -0.39 is 0 Å². The van der Waals surface area contributed by atoms with Crippen LogP contribution in [0.3, 0.4) is 0 Å². The second-order valence-electron chi connectivity index (χ2n) is 4.66. The number of aromatic nitrogens is 2. The van der Waals surface area contributed by atoms with Crippen molar-refractivity contribution in [2.45, 2.75) is 6.92 Å². The van der Waals surface area contributed by atoms with E-state index in [-0.39, 0.29) is 5.91 Å². The lowest BCUT2D eigenvalue weighted by Crippen LogP contribution is -2.17. The van der Waals surface area contributed by atoms with Crippen LogP contribution < -0.4 is 5.32 Å². The summed E-state index contributed by atoms with van der Waals surface area (Å²) >= 11 is 0. The normalized spacial score (nSPS) is 10.6. The van der Waals surface area contributed by atoms with Gasteiger partial charge in [0.25, 0.3) is 5.91 Å². The highest BCUT2D eigenvalue weighted by molar-refractivity contribution is 5.99. The lowest BCUT2D eigenvalue weighted by atomic mass is 10.2. The fourth-order valence-electron chi connectivity index (χ4n) is 2.13. The van der Waals surface area contributed by atoms with Gasteiger partial charge in [0.2, 0.25) is 0 Å². The number of hydrogen-bond acceptors (Lipinski definition) is 3. The number of aryl methyl sites for hydroxylation is 1. The fourth-order valence-corrected chi connectivity index (χ4v) is 2.13. The Morgan fingerprint density at radius 1 is 1.19 bits per heavy atom. The van der Waals surface area contributed by atoms with Crippen molar-refractivity contribution in [2.75, 3.05) is 7.05 Å². The molecule has 0 radical (unpaired) electrons. The number of carbonyl (C=O) groups is 1. The van der Waals surface area contributed by atoms with Gasteiger partial charge in [-0.25, -0.2) is 4.68 Å². The van der Waals surface area contributed by atoms with E-state index >= 15 is 0 Å². The van der Waals surface area contributed by atoms with Gasteiger partial charge in [-0.2, -0.15) is 5.10 Å². The summed E-state index contributed by atoms with van der Waals surface area (Å²) in [5, 5.41) is 7.12. The summed E-state index contributed by atoms with van der Waals surface area (Å²) in [6.07, 6.45) is 1.71. The van der Waals surface area contributed by atoms with Crippen LogP contribution in [-0.2, 0) is 0 Å². The smallest absolute Gasteiger partial charge is 0.255 e. The van der Waals surface area contributed by atoms with Gasteiger partial charge in [-0.05, 0) is 31.2 Å². The molecule has 1 amide bonds. The maximum absolute atomic E-state index is 12.1. The molecule has 2 aromatic heterocycles. The molecule has 0 unspecified atom stereocenters. The molecule has 3 rings (SSSR count). The molecule has 1 aromatic carbocycles. The minimum atomic E-state index is -0.193. The number of furan rings is 1. The summed E-state index contributed by atoms with van der Waals surface area (Å²) < 4.78 is 7.28. The van der Waals surface area contributed by atoms with Crippen LogP contribution in [0.5, 0.6) is 0 Å². The first-order valence-electron chi connectivity index (χ1n) is 6.63. The summed E-state index contributed by atoms with van der Waals surface area (Å²) in [5.74, 6) is 1.17. The van der Waals surface area contributed by atoms with E-state index in [2.05, 4.69) is 10.4 Å². The second kappa shape index (κ2) is 5.28. The maximum atomic E-state index is 12.1. The van der Waals surface area contributed by atoms with Gasteiger partial charge in [0, 0.05) is 13.2 Å². The van der Waals surface area contributed by atoms with Crippen LogP contribution in [0.4, 0.5) is 0 Å². The highest BCUT2D eigenvalue weighted by atomic mass is 16.3. The molecule has 0 aliphatic carbocycles. The number of para-hydroxylation sites is 1. The van der Waals surface area contributed by atoms with Crippen molar-refractivity contribution in [3.8, 4) is 17.1 Å². The third-order valence-electron chi connectivity index (χ3n) is 3.18. The minimum absolute atomic E-state index is 0.193. The lowest BCUT2D eigenvalue weighted by molar-refractivity contribution is 0.0963. The van der Waals surface area contributed by atoms with Gasteiger partial charge in [0.05, 0.1) is 11.3 Å². The van der Waals surface area contributed by atoms with Crippen molar-refractivity contribution >= 4 is 5.91 Å². The highest BCUT2D eigenvalue weighted by Crippen LogP contribution is 2.25. The highest BCUT2D eigenvalue weighted by Gasteiger charge is 2.19. The summed E-state index contributed by atoms with van der Waals surface area (Å²) in [7, 11) is 1.60. The van der Waals surface area contributed by atoms with Gasteiger partial charge in [-0.3, -0.25) is 4.79 Å². The van der Waals surface area contributed by atoms with Crippen molar-refractivity contribution in [1.82, 2.24) is 15.1 Å². The molecule has 0 aliphatic heterocycles. The maximum Gasteiger partial charge on any atom is 0.255 e. The third kappa shape index (κ3) is 2.45. The van der Waals surface area contributed by atoms with E-state index in [0.29, 0.717) is 17.0 Å². The molecule has 0 saturated heterocycles. The van der Waals surface area contributed by atoms with Crippen LogP contribution in [0.25, 0.3) is 17.1 Å². The Balaban J connectivity index is 2.14. The van der Waals surface area contributed by atoms with E-state index in [1.54, 1.807) is 17.9 Å². The quantitative estimate of drug-likeness (QED) is 0.803. The zero-order chi connectivity index (χ0) is 14.8. The molecule has 0 bridgehead atoms. The Hall–Kier alpha value is -2.82. The Morgan fingerprint density at radius 3 is 2.57 bits per heavy atom. The predicted octanol–water partition coefficient (Wildman–Crippen LogP) is 2.80. The van der Waals surface area contributed by atoms with Gasteiger partial charge in [-0.15, -0.1) is 0 Å². The zero-order valence-electron chi connectivity index (χ0n) is 11.8. The Labute approximate surface area is 122 Å². The topological polar surface area (TPSA) is 60.1 Å². The molecular formula is C16H15N3O2. The molecule has 2 heterocycles. The van der Waals surface area contributed by atoms with E-state index in [1.165, 1.54) is 0 Å². The molecule has 0 aliphatic rings. The third-order valence-corrected chi connectivity index (χ3v) is 3.18. The van der Waals surface area contributed by atoms with E-state index in [1.807, 2.05) is 49.4 Å². The van der Waals surface area contributed by atoms with Crippen LogP contribution in [0, 0.1) is 6.92 Å². The van der Waals surface area contributed by atoms with Gasteiger partial charge >= 0.3 is 0 Å². The molecule has 0 saturated carbocycles. The monoisotopic (exact) mass is 281 g/mol. The molecule has 0 fully saturated rings. The van der Waals surface area contributed by atoms with Crippen LogP contribution >= 0.6 is 0 Å². The fraction of sp³-hybridized carbons (Fsp3) is 0.125.